The number of hydrogen-bond donors (Lipinski definition) is 3. The second-order valence-corrected chi connectivity index (χ2v) is 7.97. The van der Waals surface area contributed by atoms with Crippen molar-refractivity contribution in [2.45, 2.75) is 19.4 Å². The maximum absolute atomic E-state index is 12.3. The van der Waals surface area contributed by atoms with Gasteiger partial charge in [-0.2, -0.15) is 0 Å². The molecule has 0 radical (unpaired) electrons. The molecule has 0 atom stereocenters. The van der Waals surface area contributed by atoms with Gasteiger partial charge in [0.15, 0.2) is 0 Å². The summed E-state index contributed by atoms with van der Waals surface area (Å²) >= 11 is 0. The summed E-state index contributed by atoms with van der Waals surface area (Å²) in [5, 5.41) is 14.0. The van der Waals surface area contributed by atoms with Crippen molar-refractivity contribution in [1.29, 1.82) is 0 Å². The predicted octanol–water partition coefficient (Wildman–Crippen LogP) is 3.28. The molecule has 2 amide bonds. The highest BCUT2D eigenvalue weighted by molar-refractivity contribution is 5.93. The number of carboxylic acids is 1. The van der Waals surface area contributed by atoms with Crippen LogP contribution in [0.5, 0.6) is 0 Å². The van der Waals surface area contributed by atoms with Gasteiger partial charge in [0.25, 0.3) is 5.91 Å². The Hall–Kier alpha value is -4.53. The van der Waals surface area contributed by atoms with Crippen molar-refractivity contribution < 1.29 is 24.2 Å². The van der Waals surface area contributed by atoms with E-state index in [1.807, 2.05) is 24.3 Å². The molecule has 1 aliphatic rings. The zero-order valence-electron chi connectivity index (χ0n) is 19.0. The fourth-order valence-electron chi connectivity index (χ4n) is 3.85. The molecule has 2 aromatic carbocycles. The number of alkyl carbamates (subject to hydrolysis) is 1. The summed E-state index contributed by atoms with van der Waals surface area (Å²) in [6, 6.07) is 16.2. The Morgan fingerprint density at radius 1 is 0.971 bits per heavy atom. The van der Waals surface area contributed by atoms with Crippen LogP contribution in [0, 0.1) is 0 Å². The third-order valence-electron chi connectivity index (χ3n) is 5.71. The Morgan fingerprint density at radius 2 is 1.57 bits per heavy atom. The maximum atomic E-state index is 12.3. The molecule has 0 fully saturated rings. The van der Waals surface area contributed by atoms with E-state index in [2.05, 4.69) is 44.9 Å². The molecule has 1 aromatic heterocycles. The van der Waals surface area contributed by atoms with Gasteiger partial charge in [-0.1, -0.05) is 54.6 Å². The van der Waals surface area contributed by atoms with Crippen molar-refractivity contribution in [3.8, 4) is 11.1 Å². The first-order chi connectivity index (χ1) is 16.9. The zero-order valence-corrected chi connectivity index (χ0v) is 19.0. The zero-order chi connectivity index (χ0) is 24.8. The van der Waals surface area contributed by atoms with Gasteiger partial charge in [-0.05, 0) is 29.2 Å². The average molecular weight is 473 g/mol. The molecule has 178 valence electrons. The summed E-state index contributed by atoms with van der Waals surface area (Å²) in [6.07, 6.45) is 3.49. The largest absolute Gasteiger partial charge is 0.478 e. The minimum Gasteiger partial charge on any atom is -0.478 e. The molecule has 3 aromatic rings. The van der Waals surface area contributed by atoms with Crippen molar-refractivity contribution in [2.24, 2.45) is 0 Å². The van der Waals surface area contributed by atoms with Crippen molar-refractivity contribution in [3.63, 3.8) is 0 Å². The van der Waals surface area contributed by atoms with E-state index in [0.29, 0.717) is 5.82 Å². The normalized spacial score (nSPS) is 12.4. The van der Waals surface area contributed by atoms with E-state index in [1.165, 1.54) is 25.4 Å². The Bertz CT molecular complexity index is 1240. The molecular weight excluding hydrogens is 448 g/mol. The van der Waals surface area contributed by atoms with Gasteiger partial charge in [-0.3, -0.25) is 4.79 Å². The lowest BCUT2D eigenvalue weighted by Crippen LogP contribution is -2.27. The van der Waals surface area contributed by atoms with Gasteiger partial charge in [0.1, 0.15) is 12.4 Å². The Balaban J connectivity index is 1.27. The number of fused-ring (bicyclic) bond motifs is 3. The first-order valence-electron chi connectivity index (χ1n) is 11.0. The third-order valence-corrected chi connectivity index (χ3v) is 5.71. The number of ether oxygens (including phenoxy) is 1. The van der Waals surface area contributed by atoms with Crippen LogP contribution in [0.3, 0.4) is 0 Å². The van der Waals surface area contributed by atoms with Crippen LogP contribution < -0.4 is 10.6 Å². The molecule has 0 aliphatic heterocycles. The summed E-state index contributed by atoms with van der Waals surface area (Å²) < 4.78 is 5.49. The van der Waals surface area contributed by atoms with Crippen LogP contribution in [0.2, 0.25) is 0 Å². The van der Waals surface area contributed by atoms with E-state index in [0.717, 1.165) is 22.3 Å². The van der Waals surface area contributed by atoms with Crippen molar-refractivity contribution in [2.75, 3.05) is 13.2 Å². The molecule has 0 bridgehead atoms. The van der Waals surface area contributed by atoms with Gasteiger partial charge >= 0.3 is 12.1 Å². The molecule has 3 N–H and O–H groups in total. The van der Waals surface area contributed by atoms with E-state index >= 15 is 0 Å². The lowest BCUT2D eigenvalue weighted by molar-refractivity contribution is -0.132. The number of aromatic nitrogens is 2. The van der Waals surface area contributed by atoms with Crippen LogP contribution in [0.25, 0.3) is 11.1 Å². The highest BCUT2D eigenvalue weighted by Crippen LogP contribution is 2.44. The van der Waals surface area contributed by atoms with E-state index in [-0.39, 0.29) is 36.8 Å². The number of aliphatic carboxylic acids is 1. The van der Waals surface area contributed by atoms with E-state index < -0.39 is 18.0 Å². The predicted molar refractivity (Wildman–Crippen MR) is 128 cm³/mol. The second kappa shape index (κ2) is 10.6. The van der Waals surface area contributed by atoms with E-state index in [9.17, 15) is 14.4 Å². The molecule has 0 spiro atoms. The lowest BCUT2D eigenvalue weighted by atomic mass is 9.98. The molecule has 9 heteroatoms. The molecule has 1 heterocycles. The molecule has 4 rings (SSSR count). The van der Waals surface area contributed by atoms with Gasteiger partial charge in [-0.25, -0.2) is 19.6 Å². The van der Waals surface area contributed by atoms with Crippen LogP contribution in [-0.4, -0.2) is 46.2 Å². The van der Waals surface area contributed by atoms with Gasteiger partial charge < -0.3 is 20.5 Å². The Kier molecular flexibility index (Phi) is 7.15. The third kappa shape index (κ3) is 5.52. The molecule has 0 saturated heterocycles. The summed E-state index contributed by atoms with van der Waals surface area (Å²) in [7, 11) is 0. The summed E-state index contributed by atoms with van der Waals surface area (Å²) in [5.41, 5.74) is 4.93. The lowest BCUT2D eigenvalue weighted by Gasteiger charge is -2.14. The molecule has 9 nitrogen and oxygen atoms in total. The van der Waals surface area contributed by atoms with Gasteiger partial charge in [0, 0.05) is 30.4 Å². The standard InChI is InChI=1S/C26H24N4O5/c1-16(25(32)33)10-11-27-24(31)17-12-28-23(29-13-17)14-30-26(34)35-15-22-20-8-4-2-6-18(20)19-7-3-5-9-21(19)22/h2-10,12-13,22H,11,14-15H2,1H3,(H,27,31)(H,30,34)(H,32,33)/b16-10+. The summed E-state index contributed by atoms with van der Waals surface area (Å²) in [4.78, 5) is 43.3. The van der Waals surface area contributed by atoms with E-state index in [1.54, 1.807) is 0 Å². The highest BCUT2D eigenvalue weighted by Gasteiger charge is 2.28. The topological polar surface area (TPSA) is 131 Å². The number of hydrogen-bond acceptors (Lipinski definition) is 6. The van der Waals surface area contributed by atoms with Crippen molar-refractivity contribution in [3.05, 3.63) is 95.1 Å². The van der Waals surface area contributed by atoms with Crippen LogP contribution in [0.4, 0.5) is 4.79 Å². The van der Waals surface area contributed by atoms with Gasteiger partial charge in [0.2, 0.25) is 0 Å². The van der Waals surface area contributed by atoms with Gasteiger partial charge in [0.05, 0.1) is 12.1 Å². The number of carboxylic acid groups (broad SMARTS) is 1. The van der Waals surface area contributed by atoms with Crippen LogP contribution in [0.15, 0.2) is 72.6 Å². The first-order valence-corrected chi connectivity index (χ1v) is 11.0. The number of nitrogens with zero attached hydrogens (tertiary/aromatic N) is 2. The van der Waals surface area contributed by atoms with E-state index in [4.69, 9.17) is 9.84 Å². The summed E-state index contributed by atoms with van der Waals surface area (Å²) in [6.45, 7) is 1.76. The summed E-state index contributed by atoms with van der Waals surface area (Å²) in [5.74, 6) is -1.20. The fourth-order valence-corrected chi connectivity index (χ4v) is 3.85. The average Bonchev–Trinajstić information content (AvgIpc) is 3.20. The van der Waals surface area contributed by atoms with Gasteiger partial charge in [-0.15, -0.1) is 0 Å². The van der Waals surface area contributed by atoms with Crippen LogP contribution >= 0.6 is 0 Å². The Morgan fingerprint density at radius 3 is 2.17 bits per heavy atom. The number of rotatable bonds is 8. The van der Waals surface area contributed by atoms with Crippen LogP contribution in [-0.2, 0) is 16.1 Å². The first kappa shape index (κ1) is 23.6. The maximum Gasteiger partial charge on any atom is 0.407 e. The van der Waals surface area contributed by atoms with Crippen LogP contribution in [0.1, 0.15) is 40.2 Å². The minimum atomic E-state index is -1.05. The monoisotopic (exact) mass is 472 g/mol. The number of carbonyl (C=O) groups is 3. The molecule has 0 unspecified atom stereocenters. The van der Waals surface area contributed by atoms with Crippen molar-refractivity contribution in [1.82, 2.24) is 20.6 Å². The molecular formula is C26H24N4O5. The number of amides is 2. The minimum absolute atomic E-state index is 0.0312. The second-order valence-electron chi connectivity index (χ2n) is 7.97. The highest BCUT2D eigenvalue weighted by atomic mass is 16.5. The molecule has 0 saturated carbocycles. The SMILES string of the molecule is C/C(=C\CNC(=O)c1cnc(CNC(=O)OCC2c3ccccc3-c3ccccc32)nc1)C(=O)O. The Labute approximate surface area is 201 Å². The molecule has 1 aliphatic carbocycles. The molecule has 35 heavy (non-hydrogen) atoms. The smallest absolute Gasteiger partial charge is 0.407 e. The number of nitrogens with one attached hydrogen (secondary N) is 2. The number of carbonyl (C=O) groups excluding carboxylic acids is 2. The fraction of sp³-hybridized carbons (Fsp3) is 0.192. The quantitative estimate of drug-likeness (QED) is 0.429. The number of benzene rings is 2. The van der Waals surface area contributed by atoms with Crippen molar-refractivity contribution >= 4 is 18.0 Å².